The third-order valence-corrected chi connectivity index (χ3v) is 8.04. The molecule has 0 aromatic heterocycles. The van der Waals surface area contributed by atoms with Gasteiger partial charge in [0, 0.05) is 18.3 Å². The average Bonchev–Trinajstić information content (AvgIpc) is 3.16. The van der Waals surface area contributed by atoms with E-state index in [4.69, 9.17) is 14.2 Å². The van der Waals surface area contributed by atoms with Gasteiger partial charge in [-0.2, -0.15) is 0 Å². The fourth-order valence-corrected chi connectivity index (χ4v) is 6.23. The molecule has 13 heteroatoms. The number of rotatable bonds is 8. The molecule has 194 valence electrons. The Morgan fingerprint density at radius 3 is 2.51 bits per heavy atom. The van der Waals surface area contributed by atoms with Crippen LogP contribution < -0.4 is 68.9 Å². The van der Waals surface area contributed by atoms with Crippen LogP contribution in [0, 0.1) is 22.7 Å². The Morgan fingerprint density at radius 2 is 1.95 bits per heavy atom. The van der Waals surface area contributed by atoms with Crippen LogP contribution in [0.2, 0.25) is 0 Å². The van der Waals surface area contributed by atoms with Crippen LogP contribution in [0.5, 0.6) is 0 Å². The van der Waals surface area contributed by atoms with Gasteiger partial charge in [0.05, 0.1) is 13.4 Å². The Labute approximate surface area is 261 Å². The average molecular weight is 556 g/mol. The minimum Gasteiger partial charge on any atom is -0.790 e. The van der Waals surface area contributed by atoms with Crippen molar-refractivity contribution in [2.75, 3.05) is 19.8 Å². The number of hydrogen-bond donors (Lipinski definition) is 0. The van der Waals surface area contributed by atoms with Crippen LogP contribution >= 0.6 is 7.82 Å². The zero-order valence-corrected chi connectivity index (χ0v) is 27.0. The van der Waals surface area contributed by atoms with Crippen molar-refractivity contribution in [2.45, 2.75) is 52.6 Å². The largest absolute Gasteiger partial charge is 1.00 e. The van der Waals surface area contributed by atoms with E-state index in [1.54, 1.807) is 12.2 Å². The van der Waals surface area contributed by atoms with Gasteiger partial charge in [-0.25, -0.2) is 9.59 Å². The summed E-state index contributed by atoms with van der Waals surface area (Å²) >= 11 is 0. The maximum Gasteiger partial charge on any atom is 1.00 e. The van der Waals surface area contributed by atoms with Crippen molar-refractivity contribution in [3.63, 3.8) is 0 Å². The first-order chi connectivity index (χ1) is 16.3. The van der Waals surface area contributed by atoms with E-state index in [2.05, 4.69) is 18.0 Å². The van der Waals surface area contributed by atoms with Crippen molar-refractivity contribution < 1.29 is 107 Å². The summed E-state index contributed by atoms with van der Waals surface area (Å²) in [6.45, 7) is 8.66. The van der Waals surface area contributed by atoms with Crippen molar-refractivity contribution in [2.24, 2.45) is 22.7 Å². The Bertz CT molecular complexity index is 1010. The first kappa shape index (κ1) is 34.8. The maximum absolute atomic E-state index is 12.1. The molecule has 0 bridgehead atoms. The predicted molar refractivity (Wildman–Crippen MR) is 119 cm³/mol. The van der Waals surface area contributed by atoms with E-state index in [-0.39, 0.29) is 95.5 Å². The molecule has 0 saturated heterocycles. The van der Waals surface area contributed by atoms with Crippen molar-refractivity contribution >= 4 is 25.7 Å². The van der Waals surface area contributed by atoms with E-state index in [0.717, 1.165) is 5.57 Å². The van der Waals surface area contributed by atoms with E-state index >= 15 is 0 Å². The number of phosphoric acid groups is 1. The molecule has 2 fully saturated rings. The molecular formula is C24H31Na2O10P. The van der Waals surface area contributed by atoms with Crippen molar-refractivity contribution in [1.82, 2.24) is 0 Å². The molecule has 2 unspecified atom stereocenters. The summed E-state index contributed by atoms with van der Waals surface area (Å²) in [4.78, 5) is 57.2. The quantitative estimate of drug-likeness (QED) is 0.0945. The number of fused-ring (bicyclic) bond motifs is 1. The first-order valence-electron chi connectivity index (χ1n) is 11.5. The van der Waals surface area contributed by atoms with Gasteiger partial charge < -0.3 is 33.1 Å². The molecule has 0 amide bonds. The smallest absolute Gasteiger partial charge is 0.790 e. The molecule has 0 aromatic carbocycles. The summed E-state index contributed by atoms with van der Waals surface area (Å²) in [5.74, 6) is -1.99. The van der Waals surface area contributed by atoms with E-state index in [1.807, 2.05) is 13.0 Å². The number of carbonyl (C=O) groups is 3. The van der Waals surface area contributed by atoms with Crippen LogP contribution in [0.15, 0.2) is 36.0 Å². The third-order valence-electron chi connectivity index (χ3n) is 7.59. The van der Waals surface area contributed by atoms with Gasteiger partial charge in [0.1, 0.15) is 25.9 Å². The Hall–Kier alpha value is -0.260. The molecular weight excluding hydrogens is 525 g/mol. The minimum absolute atomic E-state index is 0. The standard InChI is InChI=1S/C24H33O10P.2Na/c1-15-5-8-19-23(3,18(15)7-6-17-10-12-31-22(17)27)11-9-20(34-16(2)25)24(19,4)14-32-21(26)13-33-35(28,29)30;;/h6-7,10,18-20H,1,5,8-9,11-14H2,2-4H3,(H2,28,29,30);;/q;2*+1/p-2/b7-6+;;/t18?,19?,20-,23-,24+;;/m1../s1. The fraction of sp³-hybridized carbons (Fsp3) is 0.625. The first-order valence-corrected chi connectivity index (χ1v) is 12.9. The molecule has 2 saturated carbocycles. The van der Waals surface area contributed by atoms with Crippen LogP contribution in [0.4, 0.5) is 0 Å². The molecule has 0 aromatic rings. The monoisotopic (exact) mass is 556 g/mol. The van der Waals surface area contributed by atoms with Crippen LogP contribution in [0.3, 0.4) is 0 Å². The zero-order chi connectivity index (χ0) is 26.0. The normalized spacial score (nSPS) is 31.4. The Morgan fingerprint density at radius 1 is 1.27 bits per heavy atom. The van der Waals surface area contributed by atoms with Crippen molar-refractivity contribution in [1.29, 1.82) is 0 Å². The van der Waals surface area contributed by atoms with E-state index < -0.39 is 37.9 Å². The summed E-state index contributed by atoms with van der Waals surface area (Å²) in [5.41, 5.74) is 0.365. The van der Waals surface area contributed by atoms with E-state index in [0.29, 0.717) is 31.3 Å². The fourth-order valence-electron chi connectivity index (χ4n) is 5.97. The van der Waals surface area contributed by atoms with E-state index in [1.165, 1.54) is 6.92 Å². The number of carbonyl (C=O) groups excluding carboxylic acids is 3. The van der Waals surface area contributed by atoms with Gasteiger partial charge in [-0.3, -0.25) is 4.79 Å². The Kier molecular flexibility index (Phi) is 13.0. The topological polar surface area (TPSA) is 151 Å². The van der Waals surface area contributed by atoms with Crippen molar-refractivity contribution in [3.05, 3.63) is 36.0 Å². The number of cyclic esters (lactones) is 1. The molecule has 2 aliphatic carbocycles. The van der Waals surface area contributed by atoms with Gasteiger partial charge in [-0.05, 0) is 43.1 Å². The molecule has 0 radical (unpaired) electrons. The summed E-state index contributed by atoms with van der Waals surface area (Å²) in [7, 11) is -5.32. The zero-order valence-electron chi connectivity index (χ0n) is 22.2. The Balaban J connectivity index is 0.00000342. The van der Waals surface area contributed by atoms with Crippen LogP contribution in [-0.4, -0.2) is 43.8 Å². The van der Waals surface area contributed by atoms with Gasteiger partial charge in [0.25, 0.3) is 0 Å². The molecule has 3 aliphatic rings. The SMILES string of the molecule is C=C1CCC2[C@](C)(CC[C@@H](OC(C)=O)[C@@]2(C)COC(=O)COP(=O)([O-])[O-])C1/C=C/C1=CCOC1=O.[Na+].[Na+]. The summed E-state index contributed by atoms with van der Waals surface area (Å²) in [6.07, 6.45) is 7.52. The predicted octanol–water partition coefficient (Wildman–Crippen LogP) is -4.26. The second kappa shape index (κ2) is 13.9. The van der Waals surface area contributed by atoms with Gasteiger partial charge in [0.2, 0.25) is 0 Å². The van der Waals surface area contributed by atoms with Gasteiger partial charge in [-0.15, -0.1) is 0 Å². The second-order valence-corrected chi connectivity index (χ2v) is 11.0. The maximum atomic E-state index is 12.1. The molecule has 5 atom stereocenters. The molecule has 0 N–H and O–H groups in total. The molecule has 3 rings (SSSR count). The van der Waals surface area contributed by atoms with Gasteiger partial charge in [0.15, 0.2) is 0 Å². The molecule has 1 aliphatic heterocycles. The number of allylic oxidation sites excluding steroid dienone is 2. The number of hydrogen-bond acceptors (Lipinski definition) is 10. The second-order valence-electron chi connectivity index (χ2n) is 9.87. The summed E-state index contributed by atoms with van der Waals surface area (Å²) in [6, 6.07) is 0. The van der Waals surface area contributed by atoms with Crippen molar-refractivity contribution in [3.8, 4) is 0 Å². The van der Waals surface area contributed by atoms with Crippen LogP contribution in [0.25, 0.3) is 0 Å². The molecule has 37 heavy (non-hydrogen) atoms. The minimum atomic E-state index is -5.32. The molecule has 0 spiro atoms. The van der Waals surface area contributed by atoms with Gasteiger partial charge in [-0.1, -0.05) is 38.2 Å². The number of phosphoric ester groups is 1. The molecule has 1 heterocycles. The van der Waals surface area contributed by atoms with Crippen LogP contribution in [-0.2, 0) is 37.7 Å². The van der Waals surface area contributed by atoms with Gasteiger partial charge >= 0.3 is 77.0 Å². The molecule has 10 nitrogen and oxygen atoms in total. The third kappa shape index (κ3) is 8.37. The number of esters is 3. The van der Waals surface area contributed by atoms with Crippen LogP contribution in [0.1, 0.15) is 46.5 Å². The summed E-state index contributed by atoms with van der Waals surface area (Å²) in [5, 5.41) is 0. The van der Waals surface area contributed by atoms with E-state index in [9.17, 15) is 28.7 Å². The number of ether oxygens (including phenoxy) is 3. The summed E-state index contributed by atoms with van der Waals surface area (Å²) < 4.78 is 30.7.